The van der Waals surface area contributed by atoms with E-state index < -0.39 is 6.04 Å². The lowest BCUT2D eigenvalue weighted by molar-refractivity contribution is -0.131. The Morgan fingerprint density at radius 2 is 2.00 bits per heavy atom. The normalized spacial score (nSPS) is 15.6. The van der Waals surface area contributed by atoms with E-state index >= 15 is 0 Å². The van der Waals surface area contributed by atoms with Crippen molar-refractivity contribution in [3.63, 3.8) is 0 Å². The Bertz CT molecular complexity index is 1320. The van der Waals surface area contributed by atoms with E-state index in [-0.39, 0.29) is 30.9 Å². The van der Waals surface area contributed by atoms with Crippen LogP contribution in [0.15, 0.2) is 41.3 Å². The first-order chi connectivity index (χ1) is 18.5. The van der Waals surface area contributed by atoms with Crippen molar-refractivity contribution >= 4 is 34.8 Å². The fraction of sp³-hybridized carbons (Fsp3) is 0.464. The van der Waals surface area contributed by atoms with Crippen LogP contribution in [0.1, 0.15) is 69.6 Å². The number of aliphatic hydroxyl groups excluding tert-OH is 1. The van der Waals surface area contributed by atoms with Crippen LogP contribution in [0, 0.1) is 0 Å². The van der Waals surface area contributed by atoms with Gasteiger partial charge < -0.3 is 26.4 Å². The van der Waals surface area contributed by atoms with Crippen molar-refractivity contribution in [2.75, 3.05) is 26.2 Å². The van der Waals surface area contributed by atoms with Crippen LogP contribution in [0.3, 0.4) is 0 Å². The minimum atomic E-state index is -0.570. The lowest BCUT2D eigenvalue weighted by Gasteiger charge is -2.27. The zero-order valence-electron chi connectivity index (χ0n) is 23.3. The number of pyridine rings is 1. The molecule has 3 rings (SSSR count). The van der Waals surface area contributed by atoms with Crippen molar-refractivity contribution in [2.45, 2.75) is 59.5 Å². The number of hydrogen-bond acceptors (Lipinski definition) is 7. The van der Waals surface area contributed by atoms with E-state index in [0.717, 1.165) is 16.7 Å². The molecule has 1 unspecified atom stereocenters. The van der Waals surface area contributed by atoms with Gasteiger partial charge in [0, 0.05) is 43.8 Å². The number of rotatable bonds is 11. The molecule has 1 atom stereocenters. The highest BCUT2D eigenvalue weighted by Crippen LogP contribution is 2.27. The third-order valence-electron chi connectivity index (χ3n) is 6.77. The molecule has 3 amide bonds. The first-order valence-corrected chi connectivity index (χ1v) is 13.1. The molecule has 1 aliphatic rings. The summed E-state index contributed by atoms with van der Waals surface area (Å²) in [6.07, 6.45) is 6.79. The third kappa shape index (κ3) is 7.39. The number of nitrogens with one attached hydrogen (secondary N) is 2. The molecule has 210 valence electrons. The van der Waals surface area contributed by atoms with Crippen LogP contribution in [0.5, 0.6) is 0 Å². The van der Waals surface area contributed by atoms with Crippen LogP contribution in [-0.2, 0) is 9.59 Å². The SMILES string of the molecule is C/C(=C/C(C)=C(\C)CNC(=O)c1cc(C2=CCN(C(=O)CC(N)CO)CC2)nc2c1cnn2C(C)C)NC=O. The fourth-order valence-electron chi connectivity index (χ4n) is 4.32. The van der Waals surface area contributed by atoms with E-state index in [9.17, 15) is 14.4 Å². The largest absolute Gasteiger partial charge is 0.395 e. The van der Waals surface area contributed by atoms with Crippen LogP contribution in [0.25, 0.3) is 16.6 Å². The number of fused-ring (bicyclic) bond motifs is 1. The summed E-state index contributed by atoms with van der Waals surface area (Å²) in [5.74, 6) is -0.337. The lowest BCUT2D eigenvalue weighted by Crippen LogP contribution is -2.39. The molecule has 11 nitrogen and oxygen atoms in total. The summed E-state index contributed by atoms with van der Waals surface area (Å²) in [7, 11) is 0. The van der Waals surface area contributed by atoms with Gasteiger partial charge in [-0.1, -0.05) is 11.6 Å². The first kappa shape index (κ1) is 29.7. The molecule has 0 bridgehead atoms. The van der Waals surface area contributed by atoms with Crippen molar-refractivity contribution in [2.24, 2.45) is 5.73 Å². The molecule has 1 aliphatic heterocycles. The molecule has 0 fully saturated rings. The van der Waals surface area contributed by atoms with Crippen LogP contribution >= 0.6 is 0 Å². The number of nitrogens with zero attached hydrogens (tertiary/aromatic N) is 4. The number of hydrogen-bond donors (Lipinski definition) is 4. The highest BCUT2D eigenvalue weighted by Gasteiger charge is 2.23. The predicted molar refractivity (Wildman–Crippen MR) is 150 cm³/mol. The van der Waals surface area contributed by atoms with Crippen molar-refractivity contribution in [1.29, 1.82) is 0 Å². The second-order valence-electron chi connectivity index (χ2n) is 10.2. The Morgan fingerprint density at radius 3 is 2.62 bits per heavy atom. The summed E-state index contributed by atoms with van der Waals surface area (Å²) in [5, 5.41) is 19.9. The number of amides is 3. The summed E-state index contributed by atoms with van der Waals surface area (Å²) in [6.45, 7) is 10.7. The number of nitrogens with two attached hydrogens (primary N) is 1. The summed E-state index contributed by atoms with van der Waals surface area (Å²) < 4.78 is 1.80. The minimum absolute atomic E-state index is 0.0492. The Morgan fingerprint density at radius 1 is 1.26 bits per heavy atom. The van der Waals surface area contributed by atoms with Gasteiger partial charge in [-0.05, 0) is 64.3 Å². The van der Waals surface area contributed by atoms with E-state index in [1.165, 1.54) is 0 Å². The average Bonchev–Trinajstić information content (AvgIpc) is 3.35. The highest BCUT2D eigenvalue weighted by molar-refractivity contribution is 6.06. The van der Waals surface area contributed by atoms with Crippen LogP contribution in [-0.4, -0.2) is 75.3 Å². The van der Waals surface area contributed by atoms with Crippen LogP contribution in [0.2, 0.25) is 0 Å². The van der Waals surface area contributed by atoms with Gasteiger partial charge in [0.05, 0.1) is 29.4 Å². The monoisotopic (exact) mass is 537 g/mol. The number of allylic oxidation sites excluding steroid dienone is 3. The number of carbonyl (C=O) groups excluding carboxylic acids is 3. The maximum atomic E-state index is 13.4. The molecular formula is C28H39N7O4. The molecule has 2 aromatic heterocycles. The van der Waals surface area contributed by atoms with Crippen LogP contribution < -0.4 is 16.4 Å². The highest BCUT2D eigenvalue weighted by atomic mass is 16.3. The van der Waals surface area contributed by atoms with Gasteiger partial charge in [0.2, 0.25) is 12.3 Å². The van der Waals surface area contributed by atoms with Gasteiger partial charge in [-0.25, -0.2) is 9.67 Å². The van der Waals surface area contributed by atoms with E-state index in [1.807, 2.05) is 39.8 Å². The maximum Gasteiger partial charge on any atom is 0.252 e. The van der Waals surface area contributed by atoms with Crippen LogP contribution in [0.4, 0.5) is 0 Å². The van der Waals surface area contributed by atoms with Gasteiger partial charge >= 0.3 is 0 Å². The first-order valence-electron chi connectivity index (χ1n) is 13.1. The number of aliphatic hydroxyl groups is 1. The molecule has 0 aromatic carbocycles. The van der Waals surface area contributed by atoms with Gasteiger partial charge in [0.1, 0.15) is 0 Å². The smallest absolute Gasteiger partial charge is 0.252 e. The molecule has 0 saturated carbocycles. The molecule has 39 heavy (non-hydrogen) atoms. The van der Waals surface area contributed by atoms with Gasteiger partial charge in [-0.3, -0.25) is 14.4 Å². The van der Waals surface area contributed by atoms with E-state index in [4.69, 9.17) is 15.8 Å². The van der Waals surface area contributed by atoms with Crippen molar-refractivity contribution in [1.82, 2.24) is 30.3 Å². The van der Waals surface area contributed by atoms with Gasteiger partial charge in [-0.2, -0.15) is 5.10 Å². The molecule has 0 aliphatic carbocycles. The van der Waals surface area contributed by atoms with Gasteiger partial charge in [-0.15, -0.1) is 0 Å². The summed E-state index contributed by atoms with van der Waals surface area (Å²) in [6, 6.07) is 1.27. The topological polar surface area (TPSA) is 155 Å². The van der Waals surface area contributed by atoms with E-state index in [0.29, 0.717) is 60.5 Å². The maximum absolute atomic E-state index is 13.4. The molecular weight excluding hydrogens is 498 g/mol. The quantitative estimate of drug-likeness (QED) is 0.252. The number of aromatic nitrogens is 3. The molecule has 0 spiro atoms. The third-order valence-corrected chi connectivity index (χ3v) is 6.77. The second kappa shape index (κ2) is 13.3. The van der Waals surface area contributed by atoms with E-state index in [2.05, 4.69) is 15.7 Å². The molecule has 5 N–H and O–H groups in total. The fourth-order valence-corrected chi connectivity index (χ4v) is 4.32. The molecule has 11 heteroatoms. The predicted octanol–water partition coefficient (Wildman–Crippen LogP) is 2.05. The zero-order valence-corrected chi connectivity index (χ0v) is 23.3. The Hall–Kier alpha value is -3.83. The van der Waals surface area contributed by atoms with Crippen molar-refractivity contribution in [3.8, 4) is 0 Å². The summed E-state index contributed by atoms with van der Waals surface area (Å²) in [4.78, 5) is 43.1. The van der Waals surface area contributed by atoms with E-state index in [1.54, 1.807) is 28.8 Å². The molecule has 0 radical (unpaired) electrons. The minimum Gasteiger partial charge on any atom is -0.395 e. The van der Waals surface area contributed by atoms with Crippen molar-refractivity contribution < 1.29 is 19.5 Å². The second-order valence-corrected chi connectivity index (χ2v) is 10.2. The van der Waals surface area contributed by atoms with Crippen molar-refractivity contribution in [3.05, 3.63) is 52.5 Å². The molecule has 0 saturated heterocycles. The Kier molecular flexibility index (Phi) is 10.1. The average molecular weight is 538 g/mol. The molecule has 3 heterocycles. The summed E-state index contributed by atoms with van der Waals surface area (Å²) in [5.41, 5.74) is 11.1. The van der Waals surface area contributed by atoms with Gasteiger partial charge in [0.15, 0.2) is 5.65 Å². The molecule has 2 aromatic rings. The number of carbonyl (C=O) groups is 3. The Balaban J connectivity index is 1.89. The van der Waals surface area contributed by atoms with Gasteiger partial charge in [0.25, 0.3) is 5.91 Å². The zero-order chi connectivity index (χ0) is 28.7. The lowest BCUT2D eigenvalue weighted by atomic mass is 10.0. The Labute approximate surface area is 228 Å². The standard InChI is InChI=1S/C28H39N7O4/c1-17(2)35-27-24(14-32-35)23(28(39)30-13-19(4)18(3)10-20(5)31-16-37)12-25(33-27)21-6-8-34(9-7-21)26(38)11-22(29)15-36/h6,10,12,14,16-17,22,36H,7-9,11,13,15,29H2,1-5H3,(H,30,39)(H,31,37)/b19-18+,20-10-. The summed E-state index contributed by atoms with van der Waals surface area (Å²) >= 11 is 0.